The predicted octanol–water partition coefficient (Wildman–Crippen LogP) is 0.751. The highest BCUT2D eigenvalue weighted by Crippen LogP contribution is 2.38. The van der Waals surface area contributed by atoms with Gasteiger partial charge in [0.2, 0.25) is 0 Å². The molecule has 15 heavy (non-hydrogen) atoms. The zero-order valence-corrected chi connectivity index (χ0v) is 10.2. The number of hydrogen-bond acceptors (Lipinski definition) is 3. The average Bonchev–Trinajstić information content (AvgIpc) is 2.64. The van der Waals surface area contributed by atoms with Crippen molar-refractivity contribution >= 4 is 0 Å². The first kappa shape index (κ1) is 11.4. The molecule has 0 aliphatic carbocycles. The van der Waals surface area contributed by atoms with E-state index < -0.39 is 0 Å². The van der Waals surface area contributed by atoms with Crippen LogP contribution in [0.1, 0.15) is 26.2 Å². The van der Waals surface area contributed by atoms with Gasteiger partial charge in [-0.25, -0.2) is 0 Å². The van der Waals surface area contributed by atoms with Crippen LogP contribution in [0.25, 0.3) is 0 Å². The molecule has 2 aliphatic heterocycles. The van der Waals surface area contributed by atoms with E-state index >= 15 is 0 Å². The lowest BCUT2D eigenvalue weighted by molar-refractivity contribution is 0.0269. The molecule has 0 saturated carbocycles. The van der Waals surface area contributed by atoms with E-state index in [0.29, 0.717) is 5.54 Å². The second-order valence-corrected chi connectivity index (χ2v) is 5.27. The van der Waals surface area contributed by atoms with Gasteiger partial charge in [-0.1, -0.05) is 6.92 Å². The molecule has 2 rings (SSSR count). The van der Waals surface area contributed by atoms with Crippen molar-refractivity contribution in [2.75, 3.05) is 39.8 Å². The van der Waals surface area contributed by atoms with Crippen LogP contribution in [0.4, 0.5) is 0 Å². The summed E-state index contributed by atoms with van der Waals surface area (Å²) in [6.45, 7) is 8.11. The van der Waals surface area contributed by atoms with Crippen LogP contribution in [0.2, 0.25) is 0 Å². The SMILES string of the molecule is CCCN(C)C1(CN)CCN2CCC1C2. The number of piperidine rings is 1. The zero-order valence-electron chi connectivity index (χ0n) is 10.2. The molecule has 2 N–H and O–H groups in total. The molecule has 2 bridgehead atoms. The number of nitrogens with two attached hydrogens (primary N) is 1. The third kappa shape index (κ3) is 1.81. The monoisotopic (exact) mass is 211 g/mol. The summed E-state index contributed by atoms with van der Waals surface area (Å²) in [7, 11) is 2.27. The maximum Gasteiger partial charge on any atom is 0.0381 e. The van der Waals surface area contributed by atoms with Crippen LogP contribution in [-0.4, -0.2) is 55.1 Å². The molecule has 88 valence electrons. The molecule has 0 spiro atoms. The quantitative estimate of drug-likeness (QED) is 0.745. The van der Waals surface area contributed by atoms with Crippen LogP contribution < -0.4 is 5.73 Å². The smallest absolute Gasteiger partial charge is 0.0381 e. The Bertz CT molecular complexity index is 219. The van der Waals surface area contributed by atoms with E-state index in [4.69, 9.17) is 5.73 Å². The number of hydrogen-bond donors (Lipinski definition) is 1. The van der Waals surface area contributed by atoms with Crippen molar-refractivity contribution in [2.45, 2.75) is 31.7 Å². The highest BCUT2D eigenvalue weighted by molar-refractivity contribution is 5.04. The summed E-state index contributed by atoms with van der Waals surface area (Å²) in [5.74, 6) is 0.813. The summed E-state index contributed by atoms with van der Waals surface area (Å²) in [5.41, 5.74) is 6.40. The van der Waals surface area contributed by atoms with Crippen molar-refractivity contribution in [3.63, 3.8) is 0 Å². The molecule has 0 aromatic heterocycles. The molecule has 3 nitrogen and oxygen atoms in total. The van der Waals surface area contributed by atoms with Gasteiger partial charge in [0.1, 0.15) is 0 Å². The Morgan fingerprint density at radius 1 is 1.47 bits per heavy atom. The fraction of sp³-hybridized carbons (Fsp3) is 1.00. The minimum atomic E-state index is 0.309. The lowest BCUT2D eigenvalue weighted by atomic mass is 9.77. The first-order chi connectivity index (χ1) is 7.23. The highest BCUT2D eigenvalue weighted by Gasteiger charge is 2.47. The fourth-order valence-electron chi connectivity index (χ4n) is 3.52. The standard InChI is InChI=1S/C12H25N3/c1-3-6-14(2)12(10-13)5-8-15-7-4-11(12)9-15/h11H,3-10,13H2,1-2H3. The van der Waals surface area contributed by atoms with Crippen LogP contribution in [0.15, 0.2) is 0 Å². The topological polar surface area (TPSA) is 32.5 Å². The number of likely N-dealkylation sites (N-methyl/N-ethyl adjacent to an activating group) is 1. The van der Waals surface area contributed by atoms with Gasteiger partial charge < -0.3 is 10.6 Å². The van der Waals surface area contributed by atoms with Gasteiger partial charge in [-0.15, -0.1) is 0 Å². The third-order valence-electron chi connectivity index (χ3n) is 4.57. The Kier molecular flexibility index (Phi) is 3.33. The lowest BCUT2D eigenvalue weighted by Gasteiger charge is -2.48. The average molecular weight is 211 g/mol. The highest BCUT2D eigenvalue weighted by atomic mass is 15.3. The largest absolute Gasteiger partial charge is 0.329 e. The van der Waals surface area contributed by atoms with Crippen LogP contribution in [0.5, 0.6) is 0 Å². The van der Waals surface area contributed by atoms with Crippen LogP contribution in [0, 0.1) is 5.92 Å². The van der Waals surface area contributed by atoms with Gasteiger partial charge in [0.05, 0.1) is 0 Å². The summed E-state index contributed by atoms with van der Waals surface area (Å²) in [5, 5.41) is 0. The van der Waals surface area contributed by atoms with Gasteiger partial charge in [-0.3, -0.25) is 4.90 Å². The molecule has 3 atom stereocenters. The molecule has 3 unspecified atom stereocenters. The maximum atomic E-state index is 6.09. The summed E-state index contributed by atoms with van der Waals surface area (Å²) >= 11 is 0. The van der Waals surface area contributed by atoms with Crippen molar-refractivity contribution in [3.8, 4) is 0 Å². The summed E-state index contributed by atoms with van der Waals surface area (Å²) in [6.07, 6.45) is 3.85. The molecule has 0 amide bonds. The zero-order chi connectivity index (χ0) is 10.9. The normalized spacial score (nSPS) is 40.0. The van der Waals surface area contributed by atoms with E-state index in [1.165, 1.54) is 45.4 Å². The molecule has 0 aromatic carbocycles. The molecule has 0 radical (unpaired) electrons. The van der Waals surface area contributed by atoms with Crippen molar-refractivity contribution in [2.24, 2.45) is 11.7 Å². The van der Waals surface area contributed by atoms with Crippen molar-refractivity contribution < 1.29 is 0 Å². The molecule has 3 heteroatoms. The van der Waals surface area contributed by atoms with Gasteiger partial charge in [-0.2, -0.15) is 0 Å². The van der Waals surface area contributed by atoms with Crippen LogP contribution in [0.3, 0.4) is 0 Å². The Labute approximate surface area is 93.6 Å². The minimum Gasteiger partial charge on any atom is -0.329 e. The minimum absolute atomic E-state index is 0.309. The number of rotatable bonds is 4. The molecule has 0 aromatic rings. The van der Waals surface area contributed by atoms with E-state index in [9.17, 15) is 0 Å². The van der Waals surface area contributed by atoms with E-state index in [0.717, 1.165) is 12.5 Å². The second-order valence-electron chi connectivity index (χ2n) is 5.27. The van der Waals surface area contributed by atoms with Gasteiger partial charge >= 0.3 is 0 Å². The van der Waals surface area contributed by atoms with Crippen molar-refractivity contribution in [1.82, 2.24) is 9.80 Å². The second kappa shape index (κ2) is 4.40. The first-order valence-electron chi connectivity index (χ1n) is 6.36. The van der Waals surface area contributed by atoms with E-state index in [1.54, 1.807) is 0 Å². The van der Waals surface area contributed by atoms with E-state index in [1.807, 2.05) is 0 Å². The summed E-state index contributed by atoms with van der Waals surface area (Å²) in [6, 6.07) is 0. The number of fused-ring (bicyclic) bond motifs is 2. The molecule has 2 saturated heterocycles. The Morgan fingerprint density at radius 3 is 2.93 bits per heavy atom. The van der Waals surface area contributed by atoms with Crippen LogP contribution in [-0.2, 0) is 0 Å². The summed E-state index contributed by atoms with van der Waals surface area (Å²) in [4.78, 5) is 5.14. The fourth-order valence-corrected chi connectivity index (χ4v) is 3.52. The Balaban J connectivity index is 2.12. The lowest BCUT2D eigenvalue weighted by Crippen LogP contribution is -2.61. The van der Waals surface area contributed by atoms with E-state index in [-0.39, 0.29) is 0 Å². The molecule has 2 heterocycles. The van der Waals surface area contributed by atoms with Gasteiger partial charge in [0.15, 0.2) is 0 Å². The molecular formula is C12H25N3. The number of nitrogens with zero attached hydrogens (tertiary/aromatic N) is 2. The van der Waals surface area contributed by atoms with Gasteiger partial charge in [0.25, 0.3) is 0 Å². The van der Waals surface area contributed by atoms with E-state index in [2.05, 4.69) is 23.8 Å². The predicted molar refractivity (Wildman–Crippen MR) is 63.9 cm³/mol. The Morgan fingerprint density at radius 2 is 2.27 bits per heavy atom. The van der Waals surface area contributed by atoms with Crippen molar-refractivity contribution in [3.05, 3.63) is 0 Å². The van der Waals surface area contributed by atoms with Crippen molar-refractivity contribution in [1.29, 1.82) is 0 Å². The molecule has 2 aliphatic rings. The van der Waals surface area contributed by atoms with Crippen LogP contribution >= 0.6 is 0 Å². The third-order valence-corrected chi connectivity index (χ3v) is 4.57. The maximum absolute atomic E-state index is 6.09. The van der Waals surface area contributed by atoms with Gasteiger partial charge in [-0.05, 0) is 51.9 Å². The Hall–Kier alpha value is -0.120. The van der Waals surface area contributed by atoms with Gasteiger partial charge in [0, 0.05) is 18.6 Å². The summed E-state index contributed by atoms with van der Waals surface area (Å²) < 4.78 is 0. The molecular weight excluding hydrogens is 186 g/mol. The first-order valence-corrected chi connectivity index (χ1v) is 6.36. The molecule has 2 fully saturated rings.